The molecule has 0 aromatic carbocycles. The summed E-state index contributed by atoms with van der Waals surface area (Å²) in [7, 11) is 0. The SMILES string of the molecule is O=C(O)[C@@H]1CN(Cc2cn[nH]c2C2CCCCC2)CCN1. The van der Waals surface area contributed by atoms with Crippen molar-refractivity contribution in [2.45, 2.75) is 50.6 Å². The number of carbonyl (C=O) groups is 1. The lowest BCUT2D eigenvalue weighted by Gasteiger charge is -2.32. The smallest absolute Gasteiger partial charge is 0.322 e. The van der Waals surface area contributed by atoms with E-state index in [0.29, 0.717) is 12.5 Å². The van der Waals surface area contributed by atoms with Gasteiger partial charge in [-0.05, 0) is 12.8 Å². The molecule has 0 spiro atoms. The highest BCUT2D eigenvalue weighted by Crippen LogP contribution is 2.33. The second-order valence-corrected chi connectivity index (χ2v) is 6.22. The fourth-order valence-electron chi connectivity index (χ4n) is 3.55. The van der Waals surface area contributed by atoms with Crippen LogP contribution in [-0.4, -0.2) is 51.8 Å². The van der Waals surface area contributed by atoms with Gasteiger partial charge in [0.1, 0.15) is 6.04 Å². The summed E-state index contributed by atoms with van der Waals surface area (Å²) >= 11 is 0. The van der Waals surface area contributed by atoms with Gasteiger partial charge in [0.25, 0.3) is 0 Å². The lowest BCUT2D eigenvalue weighted by atomic mass is 9.85. The van der Waals surface area contributed by atoms with Crippen LogP contribution in [0.25, 0.3) is 0 Å². The lowest BCUT2D eigenvalue weighted by molar-refractivity contribution is -0.140. The van der Waals surface area contributed by atoms with Crippen molar-refractivity contribution in [1.82, 2.24) is 20.4 Å². The van der Waals surface area contributed by atoms with Gasteiger partial charge in [-0.3, -0.25) is 14.8 Å². The third kappa shape index (κ3) is 3.44. The number of aromatic nitrogens is 2. The van der Waals surface area contributed by atoms with E-state index in [1.54, 1.807) is 0 Å². The van der Waals surface area contributed by atoms with E-state index in [4.69, 9.17) is 5.11 Å². The number of aliphatic carboxylic acids is 1. The third-order valence-corrected chi connectivity index (χ3v) is 4.72. The van der Waals surface area contributed by atoms with E-state index in [1.807, 2.05) is 6.20 Å². The summed E-state index contributed by atoms with van der Waals surface area (Å²) in [6, 6.07) is -0.455. The summed E-state index contributed by atoms with van der Waals surface area (Å²) in [4.78, 5) is 13.3. The minimum Gasteiger partial charge on any atom is -0.480 e. The molecule has 3 N–H and O–H groups in total. The molecule has 0 amide bonds. The minimum absolute atomic E-state index is 0.455. The monoisotopic (exact) mass is 292 g/mol. The number of hydrogen-bond acceptors (Lipinski definition) is 4. The van der Waals surface area contributed by atoms with Crippen molar-refractivity contribution in [3.05, 3.63) is 17.5 Å². The zero-order chi connectivity index (χ0) is 14.7. The lowest BCUT2D eigenvalue weighted by Crippen LogP contribution is -2.53. The molecule has 1 atom stereocenters. The number of piperazine rings is 1. The van der Waals surface area contributed by atoms with Crippen LogP contribution >= 0.6 is 0 Å². The third-order valence-electron chi connectivity index (χ3n) is 4.72. The summed E-state index contributed by atoms with van der Waals surface area (Å²) < 4.78 is 0. The number of carboxylic acids is 1. The zero-order valence-corrected chi connectivity index (χ0v) is 12.3. The predicted octanol–water partition coefficient (Wildman–Crippen LogP) is 1.32. The van der Waals surface area contributed by atoms with Gasteiger partial charge in [-0.25, -0.2) is 0 Å². The number of carboxylic acid groups (broad SMARTS) is 1. The minimum atomic E-state index is -0.764. The summed E-state index contributed by atoms with van der Waals surface area (Å²) in [5.74, 6) is -0.158. The van der Waals surface area contributed by atoms with Crippen molar-refractivity contribution in [2.75, 3.05) is 19.6 Å². The molecular weight excluding hydrogens is 268 g/mol. The first-order valence-electron chi connectivity index (χ1n) is 7.94. The van der Waals surface area contributed by atoms with Crippen molar-refractivity contribution in [3.8, 4) is 0 Å². The molecular formula is C15H24N4O2. The van der Waals surface area contributed by atoms with E-state index in [0.717, 1.165) is 19.6 Å². The highest BCUT2D eigenvalue weighted by molar-refractivity contribution is 5.73. The van der Waals surface area contributed by atoms with Gasteiger partial charge < -0.3 is 10.4 Å². The molecule has 3 rings (SSSR count). The first-order chi connectivity index (χ1) is 10.2. The van der Waals surface area contributed by atoms with E-state index < -0.39 is 12.0 Å². The van der Waals surface area contributed by atoms with Crippen LogP contribution < -0.4 is 5.32 Å². The van der Waals surface area contributed by atoms with Crippen molar-refractivity contribution < 1.29 is 9.90 Å². The van der Waals surface area contributed by atoms with Crippen molar-refractivity contribution in [1.29, 1.82) is 0 Å². The van der Waals surface area contributed by atoms with Gasteiger partial charge in [0.15, 0.2) is 0 Å². The number of nitrogens with one attached hydrogen (secondary N) is 2. The average Bonchev–Trinajstić information content (AvgIpc) is 2.96. The van der Waals surface area contributed by atoms with Crippen molar-refractivity contribution >= 4 is 5.97 Å². The molecule has 21 heavy (non-hydrogen) atoms. The standard InChI is InChI=1S/C15H24N4O2/c20-15(21)13-10-19(7-6-16-13)9-12-8-17-18-14(12)11-4-2-1-3-5-11/h8,11,13,16H,1-7,9-10H2,(H,17,18)(H,20,21)/t13-/m0/s1. The van der Waals surface area contributed by atoms with Crippen LogP contribution in [0.1, 0.15) is 49.3 Å². The van der Waals surface area contributed by atoms with Crippen LogP contribution in [-0.2, 0) is 11.3 Å². The molecule has 1 aliphatic carbocycles. The second kappa shape index (κ2) is 6.58. The molecule has 2 fully saturated rings. The summed E-state index contributed by atoms with van der Waals surface area (Å²) in [6.07, 6.45) is 8.36. The zero-order valence-electron chi connectivity index (χ0n) is 12.3. The fourth-order valence-corrected chi connectivity index (χ4v) is 3.55. The Bertz CT molecular complexity index is 482. The van der Waals surface area contributed by atoms with Gasteiger partial charge in [-0.1, -0.05) is 19.3 Å². The topological polar surface area (TPSA) is 81.2 Å². The number of H-pyrrole nitrogens is 1. The van der Waals surface area contributed by atoms with E-state index in [-0.39, 0.29) is 0 Å². The molecule has 0 radical (unpaired) electrons. The Hall–Kier alpha value is -1.40. The van der Waals surface area contributed by atoms with Gasteiger partial charge in [0.2, 0.25) is 0 Å². The molecule has 0 bridgehead atoms. The molecule has 1 aromatic rings. The van der Waals surface area contributed by atoms with E-state index in [2.05, 4.69) is 20.4 Å². The van der Waals surface area contributed by atoms with Crippen LogP contribution in [0, 0.1) is 0 Å². The molecule has 116 valence electrons. The van der Waals surface area contributed by atoms with Crippen LogP contribution in [0.15, 0.2) is 6.20 Å². The summed E-state index contributed by atoms with van der Waals surface area (Å²) in [6.45, 7) is 2.98. The van der Waals surface area contributed by atoms with E-state index >= 15 is 0 Å². The molecule has 6 heteroatoms. The van der Waals surface area contributed by atoms with Crippen molar-refractivity contribution in [3.63, 3.8) is 0 Å². The fraction of sp³-hybridized carbons (Fsp3) is 0.733. The van der Waals surface area contributed by atoms with Gasteiger partial charge in [0, 0.05) is 43.4 Å². The highest BCUT2D eigenvalue weighted by atomic mass is 16.4. The maximum atomic E-state index is 11.1. The van der Waals surface area contributed by atoms with E-state index in [1.165, 1.54) is 43.4 Å². The number of hydrogen-bond donors (Lipinski definition) is 3. The summed E-state index contributed by atoms with van der Waals surface area (Å²) in [5.41, 5.74) is 2.52. The molecule has 2 aliphatic rings. The Kier molecular flexibility index (Phi) is 4.55. The van der Waals surface area contributed by atoms with Crippen LogP contribution in [0.5, 0.6) is 0 Å². The van der Waals surface area contributed by atoms with Gasteiger partial charge >= 0.3 is 5.97 Å². The quantitative estimate of drug-likeness (QED) is 0.779. The Morgan fingerprint density at radius 3 is 2.95 bits per heavy atom. The first-order valence-corrected chi connectivity index (χ1v) is 7.94. The maximum absolute atomic E-state index is 11.1. The molecule has 6 nitrogen and oxygen atoms in total. The van der Waals surface area contributed by atoms with Crippen LogP contribution in [0.3, 0.4) is 0 Å². The normalized spacial score (nSPS) is 25.0. The Labute approximate surface area is 124 Å². The number of rotatable bonds is 4. The Morgan fingerprint density at radius 2 is 2.19 bits per heavy atom. The maximum Gasteiger partial charge on any atom is 0.322 e. The molecule has 1 aliphatic heterocycles. The van der Waals surface area contributed by atoms with Gasteiger partial charge in [-0.2, -0.15) is 5.10 Å². The van der Waals surface area contributed by atoms with Crippen LogP contribution in [0.2, 0.25) is 0 Å². The average molecular weight is 292 g/mol. The van der Waals surface area contributed by atoms with Gasteiger partial charge in [0.05, 0.1) is 6.20 Å². The molecule has 0 unspecified atom stereocenters. The number of aromatic amines is 1. The van der Waals surface area contributed by atoms with Crippen molar-refractivity contribution in [2.24, 2.45) is 0 Å². The number of nitrogens with zero attached hydrogens (tertiary/aromatic N) is 2. The predicted molar refractivity (Wildman–Crippen MR) is 79.1 cm³/mol. The Morgan fingerprint density at radius 1 is 1.38 bits per heavy atom. The second-order valence-electron chi connectivity index (χ2n) is 6.22. The molecule has 2 heterocycles. The van der Waals surface area contributed by atoms with Crippen LogP contribution in [0.4, 0.5) is 0 Å². The first kappa shape index (κ1) is 14.5. The van der Waals surface area contributed by atoms with E-state index in [9.17, 15) is 4.79 Å². The highest BCUT2D eigenvalue weighted by Gasteiger charge is 2.26. The molecule has 1 aromatic heterocycles. The largest absolute Gasteiger partial charge is 0.480 e. The van der Waals surface area contributed by atoms with Gasteiger partial charge in [-0.15, -0.1) is 0 Å². The summed E-state index contributed by atoms with van der Waals surface area (Å²) in [5, 5.41) is 19.6. The Balaban J connectivity index is 1.65. The molecule has 1 saturated heterocycles. The molecule has 1 saturated carbocycles.